The van der Waals surface area contributed by atoms with E-state index in [1.807, 2.05) is 48.5 Å². The van der Waals surface area contributed by atoms with Crippen LogP contribution in [0.2, 0.25) is 0 Å². The van der Waals surface area contributed by atoms with Crippen molar-refractivity contribution < 1.29 is 74.6 Å². The molecular weight excluding hydrogens is 686 g/mol. The summed E-state index contributed by atoms with van der Waals surface area (Å²) in [5.41, 5.74) is 2.41. The van der Waals surface area contributed by atoms with Crippen molar-refractivity contribution in [2.24, 2.45) is 17.8 Å². The second-order valence-electron chi connectivity index (χ2n) is 12.9. The van der Waals surface area contributed by atoms with Crippen LogP contribution >= 0.6 is 0 Å². The number of hydrogen-bond donors (Lipinski definition) is 2. The van der Waals surface area contributed by atoms with Crippen LogP contribution in [0, 0.1) is 17.8 Å². The van der Waals surface area contributed by atoms with Gasteiger partial charge in [-0.25, -0.2) is 0 Å². The average Bonchev–Trinajstić information content (AvgIpc) is 3.10. The number of esters is 3. The molecule has 0 aromatic heterocycles. The minimum absolute atomic E-state index is 0. The first-order valence-corrected chi connectivity index (χ1v) is 18.1. The Labute approximate surface area is 342 Å². The van der Waals surface area contributed by atoms with Crippen molar-refractivity contribution in [1.29, 1.82) is 0 Å². The summed E-state index contributed by atoms with van der Waals surface area (Å²) in [4.78, 5) is 50.7. The number of ketones is 1. The van der Waals surface area contributed by atoms with Crippen molar-refractivity contribution in [3.8, 4) is 0 Å². The second-order valence-corrected chi connectivity index (χ2v) is 12.9. The summed E-state index contributed by atoms with van der Waals surface area (Å²) in [6.45, 7) is 10.4. The number of carbonyl (C=O) groups is 4. The molecule has 3 fully saturated rings. The number of benzene rings is 2. The van der Waals surface area contributed by atoms with Crippen LogP contribution in [0.3, 0.4) is 0 Å². The number of carbonyl (C=O) groups excluding carboxylic acids is 4. The Kier molecular flexibility index (Phi) is 26.6. The van der Waals surface area contributed by atoms with Gasteiger partial charge in [0.05, 0.1) is 50.4 Å². The molecule has 1 aliphatic carbocycles. The Hall–Kier alpha value is -2.58. The van der Waals surface area contributed by atoms with Crippen LogP contribution < -0.4 is 29.6 Å². The van der Waals surface area contributed by atoms with Crippen LogP contribution in [0.25, 0.3) is 0 Å². The Morgan fingerprint density at radius 3 is 1.60 bits per heavy atom. The third-order valence-corrected chi connectivity index (χ3v) is 9.15. The van der Waals surface area contributed by atoms with E-state index in [1.54, 1.807) is 20.8 Å². The van der Waals surface area contributed by atoms with E-state index in [-0.39, 0.29) is 82.4 Å². The normalized spacial score (nSPS) is 22.7. The molecule has 53 heavy (non-hydrogen) atoms. The predicted molar refractivity (Wildman–Crippen MR) is 202 cm³/mol. The van der Waals surface area contributed by atoms with Crippen molar-refractivity contribution in [1.82, 2.24) is 9.80 Å². The van der Waals surface area contributed by atoms with Crippen LogP contribution in [0.15, 0.2) is 60.7 Å². The molecule has 289 valence electrons. The first-order valence-electron chi connectivity index (χ1n) is 18.1. The molecule has 0 spiro atoms. The van der Waals surface area contributed by atoms with Crippen LogP contribution in [0.4, 0.5) is 0 Å². The molecule has 0 bridgehead atoms. The van der Waals surface area contributed by atoms with Crippen molar-refractivity contribution in [3.63, 3.8) is 0 Å². The summed E-state index contributed by atoms with van der Waals surface area (Å²) < 4.78 is 14.8. The molecule has 5 atom stereocenters. The number of rotatable bonds is 10. The van der Waals surface area contributed by atoms with Gasteiger partial charge < -0.3 is 25.9 Å². The van der Waals surface area contributed by atoms with Gasteiger partial charge in [-0.2, -0.15) is 0 Å². The van der Waals surface area contributed by atoms with Gasteiger partial charge in [-0.15, -0.1) is 0 Å². The van der Waals surface area contributed by atoms with E-state index >= 15 is 0 Å². The molecule has 13 heteroatoms. The maximum absolute atomic E-state index is 12.0. The second kappa shape index (κ2) is 27.9. The number of Topliss-reactive ketones (excluding diaryl/α,β-unsaturated/α-hetero) is 1. The number of piperidine rings is 2. The zero-order chi connectivity index (χ0) is 36.3. The van der Waals surface area contributed by atoms with Gasteiger partial charge in [0, 0.05) is 34.6 Å². The molecule has 3 radical (unpaired) electrons. The number of aliphatic hydroxyl groups is 2. The molecule has 11 nitrogen and oxygen atoms in total. The molecule has 2 aliphatic heterocycles. The van der Waals surface area contributed by atoms with Gasteiger partial charge in [-0.3, -0.25) is 29.0 Å². The number of nitrogens with zero attached hydrogens (tertiary/aromatic N) is 2. The number of ether oxygens (including phenoxy) is 3. The molecule has 2 aromatic rings. The SMILES string of the molecule is C.CCOC(=O)C1CCCCC1O.CCOC(=O)C1CCN(Cc2ccccc2)CC1=O.CCOC(=O)C1CCN(Cc2ccccc2)CC1O.[B].[H-].[Na+]. The maximum atomic E-state index is 12.0. The van der Waals surface area contributed by atoms with Gasteiger partial charge in [0.2, 0.25) is 0 Å². The minimum Gasteiger partial charge on any atom is -1.00 e. The van der Waals surface area contributed by atoms with Gasteiger partial charge in [-0.1, -0.05) is 80.9 Å². The topological polar surface area (TPSA) is 143 Å². The van der Waals surface area contributed by atoms with E-state index in [2.05, 4.69) is 21.9 Å². The van der Waals surface area contributed by atoms with Gasteiger partial charge >= 0.3 is 47.5 Å². The monoisotopic (exact) mass is 747 g/mol. The Morgan fingerprint density at radius 1 is 0.679 bits per heavy atom. The summed E-state index contributed by atoms with van der Waals surface area (Å²) in [5.74, 6) is -2.09. The molecule has 2 heterocycles. The molecular formula is C40H61BN2NaO9. The van der Waals surface area contributed by atoms with Gasteiger partial charge in [0.1, 0.15) is 5.92 Å². The molecule has 2 saturated heterocycles. The largest absolute Gasteiger partial charge is 1.00 e. The van der Waals surface area contributed by atoms with E-state index in [4.69, 9.17) is 14.2 Å². The number of hydrogen-bond acceptors (Lipinski definition) is 11. The fraction of sp³-hybridized carbons (Fsp3) is 0.600. The quantitative estimate of drug-likeness (QED) is 0.158. The number of likely N-dealkylation sites (tertiary alicyclic amines) is 2. The summed E-state index contributed by atoms with van der Waals surface area (Å²) in [7, 11) is 0. The van der Waals surface area contributed by atoms with Gasteiger partial charge in [-0.05, 0) is 64.1 Å². The Bertz CT molecular complexity index is 1330. The zero-order valence-electron chi connectivity index (χ0n) is 32.5. The van der Waals surface area contributed by atoms with E-state index in [0.29, 0.717) is 45.8 Å². The summed E-state index contributed by atoms with van der Waals surface area (Å²) in [6.07, 6.45) is 3.69. The van der Waals surface area contributed by atoms with Crippen LogP contribution in [0.1, 0.15) is 79.3 Å². The summed E-state index contributed by atoms with van der Waals surface area (Å²) >= 11 is 0. The minimum atomic E-state index is -0.628. The van der Waals surface area contributed by atoms with Gasteiger partial charge in [0.25, 0.3) is 0 Å². The van der Waals surface area contributed by atoms with Crippen molar-refractivity contribution >= 4 is 32.1 Å². The fourth-order valence-corrected chi connectivity index (χ4v) is 6.49. The average molecular weight is 748 g/mol. The first-order chi connectivity index (χ1) is 24.2. The van der Waals surface area contributed by atoms with Crippen LogP contribution in [0.5, 0.6) is 0 Å². The molecule has 2 aromatic carbocycles. The standard InChI is InChI=1S/C15H21NO3.C15H19NO3.C9H16O3.CH4.B.Na.H/c2*1-2-19-15(18)13-8-9-16(11-14(13)17)10-12-6-4-3-5-7-12;1-2-12-9(11)7-5-3-4-6-8(7)10;;;;/h3-7,13-14,17H,2,8-11H2,1H3;3-7,13H,2,8-11H2,1H3;7-8,10H,2-6H2,1H3;1H4;;;/q;;;;;+1;-1. The van der Waals surface area contributed by atoms with Crippen LogP contribution in [-0.4, -0.2) is 110 Å². The number of aliphatic hydroxyl groups excluding tert-OH is 2. The third-order valence-electron chi connectivity index (χ3n) is 9.15. The fourth-order valence-electron chi connectivity index (χ4n) is 6.49. The molecule has 1 saturated carbocycles. The van der Waals surface area contributed by atoms with E-state index < -0.39 is 18.1 Å². The Morgan fingerprint density at radius 2 is 1.13 bits per heavy atom. The Balaban J connectivity index is 0. The number of β-amino-alcohol motifs (C(OH)–C–C–N with tert-alkyl or cyclic N) is 1. The maximum Gasteiger partial charge on any atom is 1.00 e. The predicted octanol–water partition coefficient (Wildman–Crippen LogP) is 1.55. The van der Waals surface area contributed by atoms with Crippen molar-refractivity contribution in [2.45, 2.75) is 92.0 Å². The molecule has 0 amide bonds. The van der Waals surface area contributed by atoms with E-state index in [0.717, 1.165) is 51.9 Å². The third kappa shape index (κ3) is 17.6. The molecule has 5 rings (SSSR count). The van der Waals surface area contributed by atoms with Crippen molar-refractivity contribution in [3.05, 3.63) is 71.8 Å². The van der Waals surface area contributed by atoms with E-state index in [9.17, 15) is 29.4 Å². The van der Waals surface area contributed by atoms with E-state index in [1.165, 1.54) is 11.1 Å². The molecule has 3 aliphatic rings. The van der Waals surface area contributed by atoms with Crippen LogP contribution in [-0.2, 0) is 46.5 Å². The first kappa shape index (κ1) is 50.4. The van der Waals surface area contributed by atoms with Gasteiger partial charge in [0.15, 0.2) is 5.78 Å². The van der Waals surface area contributed by atoms with Crippen molar-refractivity contribution in [2.75, 3.05) is 46.0 Å². The molecule has 2 N–H and O–H groups in total. The summed E-state index contributed by atoms with van der Waals surface area (Å²) in [5, 5.41) is 19.5. The molecule has 5 unspecified atom stereocenters. The summed E-state index contributed by atoms with van der Waals surface area (Å²) in [6, 6.07) is 20.2. The smallest absolute Gasteiger partial charge is 1.00 e. The zero-order valence-corrected chi connectivity index (χ0v) is 33.5.